The van der Waals surface area contributed by atoms with Crippen molar-refractivity contribution >= 4 is 23.1 Å². The van der Waals surface area contributed by atoms with Gasteiger partial charge in [0.2, 0.25) is 0 Å². The van der Waals surface area contributed by atoms with Gasteiger partial charge in [-0.3, -0.25) is 9.80 Å². The third-order valence-corrected chi connectivity index (χ3v) is 4.25. The summed E-state index contributed by atoms with van der Waals surface area (Å²) in [4.78, 5) is 12.6. The molecule has 6 heteroatoms. The summed E-state index contributed by atoms with van der Waals surface area (Å²) in [5.41, 5.74) is 2.52. The number of aryl methyl sites for hydroxylation is 1. The van der Waals surface area contributed by atoms with Gasteiger partial charge < -0.3 is 9.84 Å². The maximum absolute atomic E-state index is 12.6. The number of carbonyl (C=O) groups is 1. The quantitative estimate of drug-likeness (QED) is 0.777. The lowest BCUT2D eigenvalue weighted by molar-refractivity contribution is -0.110. The number of hydrazone groups is 1. The smallest absolute Gasteiger partial charge is 0.273 e. The van der Waals surface area contributed by atoms with Gasteiger partial charge in [-0.15, -0.1) is 0 Å². The predicted octanol–water partition coefficient (Wildman–Crippen LogP) is 3.93. The zero-order chi connectivity index (χ0) is 17.9. The van der Waals surface area contributed by atoms with Crippen LogP contribution in [0, 0.1) is 6.92 Å². The van der Waals surface area contributed by atoms with Crippen molar-refractivity contribution in [1.29, 1.82) is 0 Å². The number of nitrogens with one attached hydrogen (secondary N) is 1. The maximum Gasteiger partial charge on any atom is 0.273 e. The normalized spacial score (nSPS) is 16.4. The molecule has 1 aliphatic rings. The molecule has 0 radical (unpaired) electrons. The first-order valence-corrected chi connectivity index (χ1v) is 8.42. The van der Waals surface area contributed by atoms with Crippen molar-refractivity contribution in [3.05, 3.63) is 78.1 Å². The molecule has 3 aromatic rings. The van der Waals surface area contributed by atoms with Crippen molar-refractivity contribution in [2.45, 2.75) is 19.4 Å². The van der Waals surface area contributed by atoms with E-state index in [1.54, 1.807) is 13.0 Å². The topological polar surface area (TPSA) is 70.7 Å². The van der Waals surface area contributed by atoms with Crippen LogP contribution in [0.2, 0.25) is 0 Å². The molecule has 1 aliphatic heterocycles. The number of benzene rings is 2. The van der Waals surface area contributed by atoms with Gasteiger partial charge in [0, 0.05) is 12.5 Å². The Balaban J connectivity index is 1.62. The van der Waals surface area contributed by atoms with E-state index in [-0.39, 0.29) is 11.9 Å². The van der Waals surface area contributed by atoms with Gasteiger partial charge in [0.1, 0.15) is 11.5 Å². The van der Waals surface area contributed by atoms with Crippen LogP contribution in [-0.4, -0.2) is 16.8 Å². The lowest BCUT2D eigenvalue weighted by Gasteiger charge is -2.23. The highest BCUT2D eigenvalue weighted by Gasteiger charge is 2.32. The largest absolute Gasteiger partial charge is 0.360 e. The summed E-state index contributed by atoms with van der Waals surface area (Å²) >= 11 is 0. The Kier molecular flexibility index (Phi) is 4.23. The van der Waals surface area contributed by atoms with Gasteiger partial charge in [-0.2, -0.15) is 5.10 Å². The van der Waals surface area contributed by atoms with Crippen LogP contribution in [0.4, 0.5) is 11.5 Å². The molecule has 130 valence electrons. The van der Waals surface area contributed by atoms with Crippen LogP contribution in [0.1, 0.15) is 23.8 Å². The minimum Gasteiger partial charge on any atom is -0.360 e. The molecular weight excluding hydrogens is 328 g/mol. The Morgan fingerprint density at radius 3 is 2.46 bits per heavy atom. The van der Waals surface area contributed by atoms with Crippen LogP contribution in [0.3, 0.4) is 0 Å². The summed E-state index contributed by atoms with van der Waals surface area (Å²) in [5, 5.41) is 13.1. The van der Waals surface area contributed by atoms with E-state index in [4.69, 9.17) is 4.52 Å². The van der Waals surface area contributed by atoms with Gasteiger partial charge >= 0.3 is 0 Å². The van der Waals surface area contributed by atoms with Crippen molar-refractivity contribution in [1.82, 2.24) is 5.16 Å². The Labute approximate surface area is 151 Å². The summed E-state index contributed by atoms with van der Waals surface area (Å²) in [6.45, 7) is 1.78. The summed E-state index contributed by atoms with van der Waals surface area (Å²) < 4.78 is 4.99. The number of rotatable bonds is 4. The van der Waals surface area contributed by atoms with Gasteiger partial charge in [-0.1, -0.05) is 53.7 Å². The molecular formula is C20H18N4O2. The number of carbonyl (C=O) groups excluding carboxylic acids is 1. The molecule has 0 spiro atoms. The van der Waals surface area contributed by atoms with E-state index in [9.17, 15) is 4.79 Å². The molecule has 6 nitrogen and oxygen atoms in total. The van der Waals surface area contributed by atoms with Crippen molar-refractivity contribution in [3.63, 3.8) is 0 Å². The fraction of sp³-hybridized carbons (Fsp3) is 0.150. The highest BCUT2D eigenvalue weighted by molar-refractivity contribution is 6.43. The average Bonchev–Trinajstić information content (AvgIpc) is 3.30. The second-order valence-corrected chi connectivity index (χ2v) is 6.13. The van der Waals surface area contributed by atoms with Crippen molar-refractivity contribution < 1.29 is 9.32 Å². The zero-order valence-electron chi connectivity index (χ0n) is 14.3. The number of aromatic nitrogens is 1. The van der Waals surface area contributed by atoms with Gasteiger partial charge in [-0.25, -0.2) is 0 Å². The Morgan fingerprint density at radius 2 is 1.81 bits per heavy atom. The zero-order valence-corrected chi connectivity index (χ0v) is 14.3. The number of anilines is 2. The maximum atomic E-state index is 12.6. The third-order valence-electron chi connectivity index (χ3n) is 4.25. The van der Waals surface area contributed by atoms with E-state index in [1.807, 2.05) is 53.5 Å². The molecule has 2 heterocycles. The van der Waals surface area contributed by atoms with E-state index in [0.29, 0.717) is 23.7 Å². The molecule has 4 rings (SSSR count). The predicted molar refractivity (Wildman–Crippen MR) is 100 cm³/mol. The van der Waals surface area contributed by atoms with Crippen molar-refractivity contribution in [2.75, 3.05) is 10.3 Å². The molecule has 2 aromatic carbocycles. The second-order valence-electron chi connectivity index (χ2n) is 6.13. The molecule has 1 aromatic heterocycles. The van der Waals surface area contributed by atoms with E-state index >= 15 is 0 Å². The summed E-state index contributed by atoms with van der Waals surface area (Å²) in [6.07, 6.45) is 0.515. The molecule has 0 fully saturated rings. The first-order chi connectivity index (χ1) is 12.7. The summed E-state index contributed by atoms with van der Waals surface area (Å²) in [7, 11) is 0. The monoisotopic (exact) mass is 346 g/mol. The summed E-state index contributed by atoms with van der Waals surface area (Å²) in [5.74, 6) is 0.768. The van der Waals surface area contributed by atoms with E-state index in [1.165, 1.54) is 0 Å². The molecule has 1 atom stereocenters. The highest BCUT2D eigenvalue weighted by atomic mass is 16.5. The van der Waals surface area contributed by atoms with Gasteiger partial charge in [0.25, 0.3) is 5.91 Å². The molecule has 0 bridgehead atoms. The molecule has 0 aliphatic carbocycles. The van der Waals surface area contributed by atoms with Crippen LogP contribution < -0.4 is 10.3 Å². The molecule has 1 N–H and O–H groups in total. The minimum atomic E-state index is -0.266. The lowest BCUT2D eigenvalue weighted by atomic mass is 10.0. The molecule has 1 amide bonds. The van der Waals surface area contributed by atoms with Crippen LogP contribution in [0.15, 0.2) is 76.4 Å². The van der Waals surface area contributed by atoms with E-state index in [0.717, 1.165) is 11.3 Å². The van der Waals surface area contributed by atoms with Crippen molar-refractivity contribution in [3.8, 4) is 0 Å². The van der Waals surface area contributed by atoms with Crippen LogP contribution in [0.25, 0.3) is 0 Å². The number of amides is 1. The Bertz CT molecular complexity index is 935. The Morgan fingerprint density at radius 1 is 1.12 bits per heavy atom. The molecule has 0 saturated heterocycles. The van der Waals surface area contributed by atoms with Crippen LogP contribution >= 0.6 is 0 Å². The number of hydrogen-bond acceptors (Lipinski definition) is 5. The lowest BCUT2D eigenvalue weighted by Crippen LogP contribution is -2.22. The fourth-order valence-corrected chi connectivity index (χ4v) is 3.01. The van der Waals surface area contributed by atoms with Crippen LogP contribution in [-0.2, 0) is 4.79 Å². The number of hydrogen-bond donors (Lipinski definition) is 1. The molecule has 0 saturated carbocycles. The number of para-hydroxylation sites is 1. The van der Waals surface area contributed by atoms with E-state index in [2.05, 4.69) is 27.7 Å². The SMILES string of the molecule is Cc1cc(NC(=O)C2=NN(c3ccccc3)[C@@H](c3ccccc3)C2)no1. The Hall–Kier alpha value is -3.41. The van der Waals surface area contributed by atoms with Gasteiger partial charge in [0.15, 0.2) is 5.82 Å². The molecule has 26 heavy (non-hydrogen) atoms. The average molecular weight is 346 g/mol. The van der Waals surface area contributed by atoms with Gasteiger partial charge in [-0.05, 0) is 24.6 Å². The second kappa shape index (κ2) is 6.84. The van der Waals surface area contributed by atoms with E-state index < -0.39 is 0 Å². The first kappa shape index (κ1) is 16.1. The van der Waals surface area contributed by atoms with Gasteiger partial charge in [0.05, 0.1) is 11.7 Å². The minimum absolute atomic E-state index is 0.0293. The van der Waals surface area contributed by atoms with Crippen molar-refractivity contribution in [2.24, 2.45) is 5.10 Å². The summed E-state index contributed by atoms with van der Waals surface area (Å²) in [6, 6.07) is 21.6. The first-order valence-electron chi connectivity index (χ1n) is 8.42. The highest BCUT2D eigenvalue weighted by Crippen LogP contribution is 2.35. The fourth-order valence-electron chi connectivity index (χ4n) is 3.01. The molecule has 0 unspecified atom stereocenters. The third kappa shape index (κ3) is 3.21. The van der Waals surface area contributed by atoms with Crippen LogP contribution in [0.5, 0.6) is 0 Å². The number of nitrogens with zero attached hydrogens (tertiary/aromatic N) is 3. The standard InChI is InChI=1S/C20H18N4O2/c1-14-12-19(23-26-14)21-20(25)17-13-18(15-8-4-2-5-9-15)24(22-17)16-10-6-3-7-11-16/h2-12,18H,13H2,1H3,(H,21,23,25)/t18-/m1/s1.